The van der Waals surface area contributed by atoms with Gasteiger partial charge in [0, 0.05) is 32.4 Å². The van der Waals surface area contributed by atoms with E-state index in [1.807, 2.05) is 12.4 Å². The van der Waals surface area contributed by atoms with Crippen molar-refractivity contribution in [2.24, 2.45) is 0 Å². The summed E-state index contributed by atoms with van der Waals surface area (Å²) in [5.41, 5.74) is 2.52. The van der Waals surface area contributed by atoms with Crippen molar-refractivity contribution >= 4 is 5.69 Å². The summed E-state index contributed by atoms with van der Waals surface area (Å²) >= 11 is 0. The first-order valence-electron chi connectivity index (χ1n) is 6.68. The topological polar surface area (TPSA) is 19.4 Å². The van der Waals surface area contributed by atoms with Crippen molar-refractivity contribution in [3.05, 3.63) is 24.0 Å². The Morgan fingerprint density at radius 1 is 1.18 bits per heavy atom. The van der Waals surface area contributed by atoms with Crippen LogP contribution in [0.3, 0.4) is 0 Å². The van der Waals surface area contributed by atoms with E-state index in [9.17, 15) is 0 Å². The molecule has 0 aromatic carbocycles. The Labute approximate surface area is 104 Å². The van der Waals surface area contributed by atoms with Crippen molar-refractivity contribution in [1.29, 1.82) is 0 Å². The second kappa shape index (κ2) is 6.01. The average molecular weight is 233 g/mol. The molecule has 3 nitrogen and oxygen atoms in total. The number of rotatable bonds is 4. The van der Waals surface area contributed by atoms with Crippen LogP contribution in [-0.2, 0) is 0 Å². The van der Waals surface area contributed by atoms with Gasteiger partial charge in [-0.2, -0.15) is 0 Å². The Morgan fingerprint density at radius 2 is 1.94 bits per heavy atom. The van der Waals surface area contributed by atoms with E-state index in [1.165, 1.54) is 43.7 Å². The molecule has 0 unspecified atom stereocenters. The molecule has 17 heavy (non-hydrogen) atoms. The highest BCUT2D eigenvalue weighted by molar-refractivity contribution is 5.46. The van der Waals surface area contributed by atoms with Gasteiger partial charge in [0.15, 0.2) is 0 Å². The molecule has 0 atom stereocenters. The maximum Gasteiger partial charge on any atom is 0.0556 e. The first kappa shape index (κ1) is 12.4. The number of aryl methyl sites for hydroxylation is 1. The molecule has 1 fully saturated rings. The number of piperazine rings is 1. The summed E-state index contributed by atoms with van der Waals surface area (Å²) in [5, 5.41) is 0. The molecular formula is C14H23N3. The number of anilines is 1. The van der Waals surface area contributed by atoms with E-state index in [1.54, 1.807) is 0 Å². The van der Waals surface area contributed by atoms with E-state index in [0.29, 0.717) is 0 Å². The van der Waals surface area contributed by atoms with Gasteiger partial charge in [0.25, 0.3) is 0 Å². The fraction of sp³-hybridized carbons (Fsp3) is 0.643. The molecule has 1 aliphatic heterocycles. The third kappa shape index (κ3) is 3.43. The highest BCUT2D eigenvalue weighted by Crippen LogP contribution is 2.16. The van der Waals surface area contributed by atoms with Gasteiger partial charge in [0.2, 0.25) is 0 Å². The van der Waals surface area contributed by atoms with Gasteiger partial charge in [0.1, 0.15) is 0 Å². The Kier molecular flexibility index (Phi) is 4.37. The number of aromatic nitrogens is 1. The Morgan fingerprint density at radius 3 is 2.59 bits per heavy atom. The second-order valence-corrected chi connectivity index (χ2v) is 4.90. The summed E-state index contributed by atoms with van der Waals surface area (Å²) in [5.74, 6) is 0. The fourth-order valence-electron chi connectivity index (χ4n) is 2.32. The maximum atomic E-state index is 4.27. The zero-order chi connectivity index (χ0) is 12.1. The number of hydrogen-bond donors (Lipinski definition) is 0. The molecule has 2 heterocycles. The molecule has 0 spiro atoms. The Hall–Kier alpha value is -1.09. The first-order valence-corrected chi connectivity index (χ1v) is 6.68. The average Bonchev–Trinajstić information content (AvgIpc) is 2.37. The normalized spacial score (nSPS) is 17.4. The van der Waals surface area contributed by atoms with Crippen molar-refractivity contribution in [3.8, 4) is 0 Å². The molecular weight excluding hydrogens is 210 g/mol. The molecule has 0 N–H and O–H groups in total. The van der Waals surface area contributed by atoms with Crippen LogP contribution in [-0.4, -0.2) is 42.6 Å². The summed E-state index contributed by atoms with van der Waals surface area (Å²) in [6, 6.07) is 2.23. The van der Waals surface area contributed by atoms with Gasteiger partial charge in [-0.1, -0.05) is 13.3 Å². The lowest BCUT2D eigenvalue weighted by Gasteiger charge is -2.36. The van der Waals surface area contributed by atoms with Gasteiger partial charge in [-0.05, 0) is 31.5 Å². The molecule has 94 valence electrons. The van der Waals surface area contributed by atoms with Crippen LogP contribution in [0.4, 0.5) is 5.69 Å². The molecule has 1 aliphatic rings. The van der Waals surface area contributed by atoms with Crippen molar-refractivity contribution in [2.45, 2.75) is 26.7 Å². The van der Waals surface area contributed by atoms with Crippen LogP contribution in [0.1, 0.15) is 25.3 Å². The molecule has 0 saturated carbocycles. The molecule has 3 heteroatoms. The van der Waals surface area contributed by atoms with Crippen LogP contribution >= 0.6 is 0 Å². The van der Waals surface area contributed by atoms with Gasteiger partial charge >= 0.3 is 0 Å². The number of hydrogen-bond acceptors (Lipinski definition) is 3. The molecule has 1 aromatic rings. The Bertz CT molecular complexity index is 343. The summed E-state index contributed by atoms with van der Waals surface area (Å²) in [7, 11) is 0. The summed E-state index contributed by atoms with van der Waals surface area (Å²) < 4.78 is 0. The predicted octanol–water partition coefficient (Wildman–Crippen LogP) is 2.31. The van der Waals surface area contributed by atoms with E-state index in [2.05, 4.69) is 34.7 Å². The SMILES string of the molecule is CCCCN1CCN(c2cncc(C)c2)CC1. The quantitative estimate of drug-likeness (QED) is 0.795. The van der Waals surface area contributed by atoms with Gasteiger partial charge in [-0.15, -0.1) is 0 Å². The van der Waals surface area contributed by atoms with Crippen LogP contribution in [0.25, 0.3) is 0 Å². The lowest BCUT2D eigenvalue weighted by atomic mass is 10.2. The third-order valence-corrected chi connectivity index (χ3v) is 3.43. The van der Waals surface area contributed by atoms with Gasteiger partial charge in [-0.25, -0.2) is 0 Å². The minimum Gasteiger partial charge on any atom is -0.368 e. The van der Waals surface area contributed by atoms with Crippen LogP contribution in [0, 0.1) is 6.92 Å². The van der Waals surface area contributed by atoms with Crippen molar-refractivity contribution in [2.75, 3.05) is 37.6 Å². The molecule has 1 saturated heterocycles. The Balaban J connectivity index is 1.86. The minimum atomic E-state index is 1.13. The van der Waals surface area contributed by atoms with E-state index in [-0.39, 0.29) is 0 Å². The minimum absolute atomic E-state index is 1.13. The van der Waals surface area contributed by atoms with Crippen molar-refractivity contribution in [1.82, 2.24) is 9.88 Å². The monoisotopic (exact) mass is 233 g/mol. The molecule has 0 bridgehead atoms. The number of unbranched alkanes of at least 4 members (excludes halogenated alkanes) is 1. The fourth-order valence-corrected chi connectivity index (χ4v) is 2.32. The largest absolute Gasteiger partial charge is 0.368 e. The van der Waals surface area contributed by atoms with Crippen molar-refractivity contribution < 1.29 is 0 Å². The predicted molar refractivity (Wildman–Crippen MR) is 72.5 cm³/mol. The second-order valence-electron chi connectivity index (χ2n) is 4.90. The van der Waals surface area contributed by atoms with Crippen LogP contribution in [0.5, 0.6) is 0 Å². The number of pyridine rings is 1. The standard InChI is InChI=1S/C14H23N3/c1-3-4-5-16-6-8-17(9-7-16)14-10-13(2)11-15-12-14/h10-12H,3-9H2,1-2H3. The first-order chi connectivity index (χ1) is 8.29. The van der Waals surface area contributed by atoms with E-state index in [0.717, 1.165) is 13.1 Å². The maximum absolute atomic E-state index is 4.27. The van der Waals surface area contributed by atoms with Gasteiger partial charge in [-0.3, -0.25) is 9.88 Å². The highest BCUT2D eigenvalue weighted by atomic mass is 15.3. The van der Waals surface area contributed by atoms with Gasteiger partial charge in [0.05, 0.1) is 11.9 Å². The van der Waals surface area contributed by atoms with Crippen LogP contribution in [0.15, 0.2) is 18.5 Å². The molecule has 1 aromatic heterocycles. The lowest BCUT2D eigenvalue weighted by Crippen LogP contribution is -2.46. The highest BCUT2D eigenvalue weighted by Gasteiger charge is 2.16. The molecule has 0 aliphatic carbocycles. The van der Waals surface area contributed by atoms with E-state index < -0.39 is 0 Å². The smallest absolute Gasteiger partial charge is 0.0556 e. The molecule has 0 amide bonds. The summed E-state index contributed by atoms with van der Waals surface area (Å²) in [6.45, 7) is 10.3. The van der Waals surface area contributed by atoms with E-state index >= 15 is 0 Å². The van der Waals surface area contributed by atoms with E-state index in [4.69, 9.17) is 0 Å². The van der Waals surface area contributed by atoms with Crippen LogP contribution in [0.2, 0.25) is 0 Å². The van der Waals surface area contributed by atoms with Gasteiger partial charge < -0.3 is 4.90 Å². The molecule has 0 radical (unpaired) electrons. The third-order valence-electron chi connectivity index (χ3n) is 3.43. The zero-order valence-electron chi connectivity index (χ0n) is 11.0. The zero-order valence-corrected chi connectivity index (χ0v) is 11.0. The summed E-state index contributed by atoms with van der Waals surface area (Å²) in [4.78, 5) is 9.29. The van der Waals surface area contributed by atoms with Crippen molar-refractivity contribution in [3.63, 3.8) is 0 Å². The number of nitrogens with zero attached hydrogens (tertiary/aromatic N) is 3. The lowest BCUT2D eigenvalue weighted by molar-refractivity contribution is 0.254. The summed E-state index contributed by atoms with van der Waals surface area (Å²) in [6.07, 6.45) is 6.52. The molecule has 2 rings (SSSR count). The van der Waals surface area contributed by atoms with Crippen LogP contribution < -0.4 is 4.90 Å².